The van der Waals surface area contributed by atoms with E-state index in [1.807, 2.05) is 6.92 Å². The van der Waals surface area contributed by atoms with E-state index in [2.05, 4.69) is 0 Å². The molecule has 2 rings (SSSR count). The highest BCUT2D eigenvalue weighted by Gasteiger charge is 2.34. The lowest BCUT2D eigenvalue weighted by Gasteiger charge is -2.32. The highest BCUT2D eigenvalue weighted by atomic mass is 35.5. The number of carboxylic acid groups (broad SMARTS) is 1. The summed E-state index contributed by atoms with van der Waals surface area (Å²) in [7, 11) is -3.84. The van der Waals surface area contributed by atoms with E-state index in [0.29, 0.717) is 6.54 Å². The van der Waals surface area contributed by atoms with Gasteiger partial charge >= 0.3 is 5.97 Å². The summed E-state index contributed by atoms with van der Waals surface area (Å²) in [6.45, 7) is 2.24. The zero-order valence-electron chi connectivity index (χ0n) is 11.3. The fourth-order valence-electron chi connectivity index (χ4n) is 2.48. The SMILES string of the molecule is CC1CCCCN1S(=O)(=O)c1ccc(Cl)c(C(=O)O)c1Cl. The third-order valence-electron chi connectivity index (χ3n) is 3.60. The Morgan fingerprint density at radius 1 is 1.33 bits per heavy atom. The molecule has 0 spiro atoms. The second-order valence-corrected chi connectivity index (χ2v) is 7.64. The van der Waals surface area contributed by atoms with Gasteiger partial charge in [-0.25, -0.2) is 13.2 Å². The van der Waals surface area contributed by atoms with Crippen LogP contribution in [0.2, 0.25) is 10.0 Å². The van der Waals surface area contributed by atoms with Gasteiger partial charge in [-0.05, 0) is 31.9 Å². The second-order valence-electron chi connectivity index (χ2n) is 5.00. The van der Waals surface area contributed by atoms with Crippen LogP contribution in [0.25, 0.3) is 0 Å². The van der Waals surface area contributed by atoms with Crippen LogP contribution in [0.3, 0.4) is 0 Å². The third kappa shape index (κ3) is 3.04. The van der Waals surface area contributed by atoms with Crippen LogP contribution in [0.15, 0.2) is 17.0 Å². The lowest BCUT2D eigenvalue weighted by Crippen LogP contribution is -2.42. The Balaban J connectivity index is 2.55. The first-order chi connectivity index (χ1) is 9.76. The minimum atomic E-state index is -3.84. The smallest absolute Gasteiger partial charge is 0.338 e. The molecule has 0 aromatic heterocycles. The van der Waals surface area contributed by atoms with Crippen molar-refractivity contribution in [1.29, 1.82) is 0 Å². The van der Waals surface area contributed by atoms with Gasteiger partial charge in [-0.15, -0.1) is 0 Å². The molecule has 8 heteroatoms. The van der Waals surface area contributed by atoms with Gasteiger partial charge in [0.25, 0.3) is 0 Å². The molecule has 1 aliphatic heterocycles. The van der Waals surface area contributed by atoms with E-state index in [4.69, 9.17) is 28.3 Å². The molecule has 0 saturated carbocycles. The van der Waals surface area contributed by atoms with Gasteiger partial charge in [0.15, 0.2) is 0 Å². The Morgan fingerprint density at radius 2 is 2.00 bits per heavy atom. The number of hydrogen-bond acceptors (Lipinski definition) is 3. The molecule has 1 saturated heterocycles. The lowest BCUT2D eigenvalue weighted by atomic mass is 10.1. The van der Waals surface area contributed by atoms with Crippen molar-refractivity contribution >= 4 is 39.2 Å². The topological polar surface area (TPSA) is 74.7 Å². The zero-order valence-corrected chi connectivity index (χ0v) is 13.7. The van der Waals surface area contributed by atoms with Gasteiger partial charge in [0.2, 0.25) is 10.0 Å². The van der Waals surface area contributed by atoms with E-state index in [-0.39, 0.29) is 26.5 Å². The van der Waals surface area contributed by atoms with Crippen molar-refractivity contribution in [2.75, 3.05) is 6.54 Å². The quantitative estimate of drug-likeness (QED) is 0.906. The minimum absolute atomic E-state index is 0.0851. The largest absolute Gasteiger partial charge is 0.478 e. The van der Waals surface area contributed by atoms with Crippen LogP contribution in [0.4, 0.5) is 0 Å². The van der Waals surface area contributed by atoms with Crippen LogP contribution < -0.4 is 0 Å². The van der Waals surface area contributed by atoms with Gasteiger partial charge in [-0.2, -0.15) is 4.31 Å². The molecule has 1 atom stereocenters. The molecule has 0 bridgehead atoms. The van der Waals surface area contributed by atoms with Crippen molar-refractivity contribution in [3.05, 3.63) is 27.7 Å². The predicted molar refractivity (Wildman–Crippen MR) is 80.6 cm³/mol. The molecule has 0 amide bonds. The first-order valence-electron chi connectivity index (χ1n) is 6.50. The van der Waals surface area contributed by atoms with Crippen LogP contribution in [-0.4, -0.2) is 36.4 Å². The third-order valence-corrected chi connectivity index (χ3v) is 6.47. The molecule has 1 aliphatic rings. The molecule has 116 valence electrons. The monoisotopic (exact) mass is 351 g/mol. The van der Waals surface area contributed by atoms with E-state index in [1.165, 1.54) is 16.4 Å². The molecule has 1 heterocycles. The minimum Gasteiger partial charge on any atom is -0.478 e. The standard InChI is InChI=1S/C13H15Cl2NO4S/c1-8-4-2-3-7-16(8)21(19,20)10-6-5-9(14)11(12(10)15)13(17)18/h5-6,8H,2-4,7H2,1H3,(H,17,18). The number of sulfonamides is 1. The molecule has 0 radical (unpaired) electrons. The molecule has 1 fully saturated rings. The number of hydrogen-bond donors (Lipinski definition) is 1. The molecular weight excluding hydrogens is 337 g/mol. The second kappa shape index (κ2) is 6.12. The summed E-state index contributed by atoms with van der Waals surface area (Å²) in [5.74, 6) is -1.35. The van der Waals surface area contributed by atoms with E-state index in [1.54, 1.807) is 0 Å². The maximum absolute atomic E-state index is 12.7. The molecule has 1 aromatic rings. The normalized spacial score (nSPS) is 20.4. The summed E-state index contributed by atoms with van der Waals surface area (Å²) < 4.78 is 26.8. The summed E-state index contributed by atoms with van der Waals surface area (Å²) in [6, 6.07) is 2.37. The van der Waals surface area contributed by atoms with E-state index in [0.717, 1.165) is 19.3 Å². The van der Waals surface area contributed by atoms with Crippen LogP contribution in [0, 0.1) is 0 Å². The van der Waals surface area contributed by atoms with Gasteiger partial charge < -0.3 is 5.11 Å². The van der Waals surface area contributed by atoms with E-state index < -0.39 is 16.0 Å². The van der Waals surface area contributed by atoms with Crippen molar-refractivity contribution in [3.63, 3.8) is 0 Å². The van der Waals surface area contributed by atoms with Gasteiger partial charge in [-0.3, -0.25) is 0 Å². The molecule has 1 N–H and O–H groups in total. The Morgan fingerprint density at radius 3 is 2.57 bits per heavy atom. The summed E-state index contributed by atoms with van der Waals surface area (Å²) in [5, 5.41) is 8.70. The van der Waals surface area contributed by atoms with Crippen molar-refractivity contribution in [3.8, 4) is 0 Å². The van der Waals surface area contributed by atoms with Crippen molar-refractivity contribution in [1.82, 2.24) is 4.31 Å². The highest BCUT2D eigenvalue weighted by Crippen LogP contribution is 2.34. The lowest BCUT2D eigenvalue weighted by molar-refractivity contribution is 0.0697. The average molecular weight is 352 g/mol. The van der Waals surface area contributed by atoms with E-state index in [9.17, 15) is 13.2 Å². The molecule has 0 aliphatic carbocycles. The predicted octanol–water partition coefficient (Wildman–Crippen LogP) is 3.25. The first-order valence-corrected chi connectivity index (χ1v) is 8.69. The molecule has 5 nitrogen and oxygen atoms in total. The van der Waals surface area contributed by atoms with Crippen LogP contribution in [-0.2, 0) is 10.0 Å². The molecule has 1 aromatic carbocycles. The Hall–Kier alpha value is -0.820. The molecule has 1 unspecified atom stereocenters. The summed E-state index contributed by atoms with van der Waals surface area (Å²) in [5.41, 5.74) is -0.385. The number of piperidine rings is 1. The summed E-state index contributed by atoms with van der Waals surface area (Å²) >= 11 is 11.8. The van der Waals surface area contributed by atoms with Crippen LogP contribution in [0.1, 0.15) is 36.5 Å². The number of carboxylic acids is 1. The number of carbonyl (C=O) groups is 1. The Labute approximate surface area is 133 Å². The van der Waals surface area contributed by atoms with Crippen molar-refractivity contribution < 1.29 is 18.3 Å². The van der Waals surface area contributed by atoms with Gasteiger partial charge in [0, 0.05) is 12.6 Å². The van der Waals surface area contributed by atoms with Gasteiger partial charge in [-0.1, -0.05) is 29.6 Å². The number of benzene rings is 1. The van der Waals surface area contributed by atoms with Crippen molar-refractivity contribution in [2.24, 2.45) is 0 Å². The summed E-state index contributed by atoms with van der Waals surface area (Å²) in [4.78, 5) is 11.0. The Bertz CT molecular complexity index is 675. The highest BCUT2D eigenvalue weighted by molar-refractivity contribution is 7.89. The number of rotatable bonds is 3. The average Bonchev–Trinajstić information content (AvgIpc) is 2.38. The fraction of sp³-hybridized carbons (Fsp3) is 0.462. The van der Waals surface area contributed by atoms with Crippen molar-refractivity contribution in [2.45, 2.75) is 37.1 Å². The number of halogens is 2. The van der Waals surface area contributed by atoms with E-state index >= 15 is 0 Å². The van der Waals surface area contributed by atoms with Gasteiger partial charge in [0.05, 0.1) is 15.6 Å². The van der Waals surface area contributed by atoms with Gasteiger partial charge in [0.1, 0.15) is 4.90 Å². The maximum atomic E-state index is 12.7. The van der Waals surface area contributed by atoms with Crippen LogP contribution >= 0.6 is 23.2 Å². The van der Waals surface area contributed by atoms with Crippen LogP contribution in [0.5, 0.6) is 0 Å². The zero-order chi connectivity index (χ0) is 15.8. The summed E-state index contributed by atoms with van der Waals surface area (Å²) in [6.07, 6.45) is 2.53. The first kappa shape index (κ1) is 16.5. The fourth-order valence-corrected chi connectivity index (χ4v) is 5.08. The Kier molecular flexibility index (Phi) is 4.82. The number of aromatic carboxylic acids is 1. The maximum Gasteiger partial charge on any atom is 0.338 e. The molecule has 21 heavy (non-hydrogen) atoms. The number of nitrogens with zero attached hydrogens (tertiary/aromatic N) is 1. The molecular formula is C13H15Cl2NO4S.